The molecule has 1 aliphatic heterocycles. The van der Waals surface area contributed by atoms with E-state index in [1.807, 2.05) is 6.07 Å². The van der Waals surface area contributed by atoms with E-state index in [2.05, 4.69) is 15.0 Å². The molecule has 2 aromatic carbocycles. The lowest BCUT2D eigenvalue weighted by molar-refractivity contribution is -0.150. The molecule has 1 saturated heterocycles. The molecule has 1 aliphatic rings. The highest BCUT2D eigenvalue weighted by atomic mass is 35.5. The van der Waals surface area contributed by atoms with Crippen LogP contribution < -0.4 is 26.2 Å². The van der Waals surface area contributed by atoms with Crippen LogP contribution in [0.4, 0.5) is 20.2 Å². The molecule has 3 aromatic rings. The van der Waals surface area contributed by atoms with Crippen LogP contribution in [0.3, 0.4) is 0 Å². The minimum Gasteiger partial charge on any atom is -0.433 e. The zero-order valence-corrected chi connectivity index (χ0v) is 20.3. The summed E-state index contributed by atoms with van der Waals surface area (Å²) in [5.74, 6) is -2.21. The van der Waals surface area contributed by atoms with E-state index in [1.54, 1.807) is 0 Å². The van der Waals surface area contributed by atoms with E-state index >= 15 is 0 Å². The van der Waals surface area contributed by atoms with Gasteiger partial charge in [-0.25, -0.2) is 0 Å². The number of nitrogens with one attached hydrogen (secondary N) is 2. The number of ether oxygens (including phenoxy) is 2. The Morgan fingerprint density at radius 2 is 2.05 bits per heavy atom. The van der Waals surface area contributed by atoms with Crippen LogP contribution in [0.25, 0.3) is 10.9 Å². The molecule has 2 heterocycles. The molecule has 0 bridgehead atoms. The highest BCUT2D eigenvalue weighted by Crippen LogP contribution is 2.35. The molecule has 200 valence electrons. The predicted molar refractivity (Wildman–Crippen MR) is 134 cm³/mol. The van der Waals surface area contributed by atoms with Gasteiger partial charge in [0.2, 0.25) is 5.56 Å². The van der Waals surface area contributed by atoms with Crippen molar-refractivity contribution in [1.29, 1.82) is 5.26 Å². The molecule has 11 nitrogen and oxygen atoms in total. The van der Waals surface area contributed by atoms with Crippen molar-refractivity contribution in [3.05, 3.63) is 63.9 Å². The van der Waals surface area contributed by atoms with Crippen molar-refractivity contribution in [2.24, 2.45) is 5.73 Å². The van der Waals surface area contributed by atoms with Crippen LogP contribution in [0.1, 0.15) is 11.1 Å². The number of benzene rings is 2. The quantitative estimate of drug-likeness (QED) is 0.344. The van der Waals surface area contributed by atoms with E-state index in [0.29, 0.717) is 16.5 Å². The average Bonchev–Trinajstić information content (AvgIpc) is 2.87. The number of aliphatic hydroxyl groups excluding tert-OH is 1. The fourth-order valence-corrected chi connectivity index (χ4v) is 3.95. The fraction of sp³-hybridized carbons (Fsp3) is 0.250. The lowest BCUT2D eigenvalue weighted by atomic mass is 10.1. The molecule has 38 heavy (non-hydrogen) atoms. The minimum atomic E-state index is -3.22. The van der Waals surface area contributed by atoms with Crippen molar-refractivity contribution < 1.29 is 33.0 Å². The number of aliphatic hydroxyl groups is 1. The van der Waals surface area contributed by atoms with Gasteiger partial charge in [0.1, 0.15) is 0 Å². The standard InChI is InChI=1S/C24H21F2N5O6.ClH/c25-24(26)37-18-9-16-12(2-4-19(32)30-16)8-17(18)31-5-6-36-21(23(31)35)20(33)22(34)29-15-3-1-13(10-27)14(7-15)11-28;/h1-4,7-9,20-21,24,33H,5-6,11,28H2,(H,29,34)(H,30,32);1H/t20-,21-;/m1./s1. The Hall–Kier alpha value is -4.09. The molecular weight excluding hydrogens is 528 g/mol. The van der Waals surface area contributed by atoms with E-state index in [4.69, 9.17) is 15.7 Å². The number of halogens is 3. The van der Waals surface area contributed by atoms with E-state index in [9.17, 15) is 28.3 Å². The monoisotopic (exact) mass is 549 g/mol. The number of alkyl halides is 2. The van der Waals surface area contributed by atoms with Gasteiger partial charge in [-0.1, -0.05) is 0 Å². The van der Waals surface area contributed by atoms with Gasteiger partial charge < -0.3 is 35.5 Å². The van der Waals surface area contributed by atoms with Crippen LogP contribution in [0.5, 0.6) is 5.75 Å². The molecule has 1 fully saturated rings. The second-order valence-corrected chi connectivity index (χ2v) is 8.01. The first-order chi connectivity index (χ1) is 17.7. The van der Waals surface area contributed by atoms with Gasteiger partial charge >= 0.3 is 6.61 Å². The summed E-state index contributed by atoms with van der Waals surface area (Å²) in [5, 5.41) is 22.6. The number of nitrogens with two attached hydrogens (primary N) is 1. The summed E-state index contributed by atoms with van der Waals surface area (Å²) in [6.45, 7) is -3.38. The average molecular weight is 550 g/mol. The number of anilines is 2. The molecule has 0 aliphatic carbocycles. The molecule has 2 atom stereocenters. The Balaban J connectivity index is 0.00000400. The molecule has 4 rings (SSSR count). The Morgan fingerprint density at radius 1 is 1.29 bits per heavy atom. The maximum atomic E-state index is 13.2. The summed E-state index contributed by atoms with van der Waals surface area (Å²) in [6, 6.07) is 11.5. The van der Waals surface area contributed by atoms with Crippen LogP contribution in [0.15, 0.2) is 47.3 Å². The lowest BCUT2D eigenvalue weighted by Crippen LogP contribution is -2.55. The minimum absolute atomic E-state index is 0. The molecular formula is C24H22ClF2N5O6. The molecule has 2 amide bonds. The van der Waals surface area contributed by atoms with Gasteiger partial charge in [-0.15, -0.1) is 12.4 Å². The number of hydrogen-bond donors (Lipinski definition) is 4. The first kappa shape index (κ1) is 28.5. The van der Waals surface area contributed by atoms with Crippen molar-refractivity contribution in [2.45, 2.75) is 25.4 Å². The molecule has 14 heteroatoms. The number of amides is 2. The van der Waals surface area contributed by atoms with Gasteiger partial charge in [0.25, 0.3) is 11.8 Å². The van der Waals surface area contributed by atoms with E-state index in [1.165, 1.54) is 42.5 Å². The summed E-state index contributed by atoms with van der Waals surface area (Å²) in [7, 11) is 0. The van der Waals surface area contributed by atoms with Crippen molar-refractivity contribution in [2.75, 3.05) is 23.4 Å². The van der Waals surface area contributed by atoms with Gasteiger partial charge in [-0.3, -0.25) is 14.4 Å². The summed E-state index contributed by atoms with van der Waals surface area (Å²) < 4.78 is 36.2. The summed E-state index contributed by atoms with van der Waals surface area (Å²) in [4.78, 5) is 41.1. The number of pyridine rings is 1. The number of hydrogen-bond acceptors (Lipinski definition) is 8. The van der Waals surface area contributed by atoms with Crippen LogP contribution >= 0.6 is 12.4 Å². The SMILES string of the molecule is Cl.N#Cc1ccc(NC(=O)[C@H](O)[C@H]2OCCN(c3cc4ccc(=O)[nH]c4cc3OC(F)F)C2=O)cc1CN. The molecule has 0 radical (unpaired) electrons. The first-order valence-electron chi connectivity index (χ1n) is 11.0. The smallest absolute Gasteiger partial charge is 0.387 e. The third-order valence-electron chi connectivity index (χ3n) is 5.70. The van der Waals surface area contributed by atoms with Crippen LogP contribution in [-0.4, -0.2) is 53.9 Å². The van der Waals surface area contributed by atoms with E-state index in [0.717, 1.165) is 4.90 Å². The molecule has 0 spiro atoms. The van der Waals surface area contributed by atoms with Crippen molar-refractivity contribution >= 4 is 46.5 Å². The van der Waals surface area contributed by atoms with E-state index < -0.39 is 36.2 Å². The topological polar surface area (TPSA) is 171 Å². The number of morpholine rings is 1. The third kappa shape index (κ3) is 5.90. The number of aromatic nitrogens is 1. The van der Waals surface area contributed by atoms with E-state index in [-0.39, 0.29) is 54.7 Å². The number of carbonyl (C=O) groups excluding carboxylic acids is 2. The number of nitrogens with zero attached hydrogens (tertiary/aromatic N) is 2. The molecule has 0 unspecified atom stereocenters. The number of carbonyl (C=O) groups is 2. The highest BCUT2D eigenvalue weighted by molar-refractivity contribution is 6.05. The van der Waals surface area contributed by atoms with Gasteiger partial charge in [-0.2, -0.15) is 14.0 Å². The zero-order valence-electron chi connectivity index (χ0n) is 19.5. The van der Waals surface area contributed by atoms with Gasteiger partial charge in [-0.05, 0) is 35.9 Å². The number of aromatic amines is 1. The maximum absolute atomic E-state index is 13.2. The summed E-state index contributed by atoms with van der Waals surface area (Å²) in [6.07, 6.45) is -3.60. The maximum Gasteiger partial charge on any atom is 0.387 e. The van der Waals surface area contributed by atoms with Gasteiger partial charge in [0.15, 0.2) is 18.0 Å². The fourth-order valence-electron chi connectivity index (χ4n) is 3.95. The van der Waals surface area contributed by atoms with Crippen LogP contribution in [0.2, 0.25) is 0 Å². The third-order valence-corrected chi connectivity index (χ3v) is 5.70. The van der Waals surface area contributed by atoms with Crippen molar-refractivity contribution in [3.8, 4) is 11.8 Å². The van der Waals surface area contributed by atoms with Crippen molar-refractivity contribution in [1.82, 2.24) is 4.98 Å². The largest absolute Gasteiger partial charge is 0.433 e. The van der Waals surface area contributed by atoms with Gasteiger partial charge in [0, 0.05) is 36.3 Å². The van der Waals surface area contributed by atoms with Crippen LogP contribution in [0, 0.1) is 11.3 Å². The summed E-state index contributed by atoms with van der Waals surface area (Å²) >= 11 is 0. The normalized spacial score (nSPS) is 16.1. The zero-order chi connectivity index (χ0) is 26.7. The predicted octanol–water partition coefficient (Wildman–Crippen LogP) is 1.61. The van der Waals surface area contributed by atoms with Crippen molar-refractivity contribution in [3.63, 3.8) is 0 Å². The number of fused-ring (bicyclic) bond motifs is 1. The Bertz CT molecular complexity index is 1460. The molecule has 1 aromatic heterocycles. The lowest BCUT2D eigenvalue weighted by Gasteiger charge is -2.34. The summed E-state index contributed by atoms with van der Waals surface area (Å²) in [5.41, 5.74) is 6.35. The highest BCUT2D eigenvalue weighted by Gasteiger charge is 2.40. The second kappa shape index (κ2) is 12.0. The molecule has 5 N–H and O–H groups in total. The first-order valence-corrected chi connectivity index (χ1v) is 11.0. The van der Waals surface area contributed by atoms with Gasteiger partial charge in [0.05, 0.1) is 29.4 Å². The molecule has 0 saturated carbocycles. The number of nitriles is 1. The Kier molecular flexibility index (Phi) is 8.97. The Labute approximate surface area is 220 Å². The Morgan fingerprint density at radius 3 is 2.74 bits per heavy atom. The number of rotatable bonds is 7. The second-order valence-electron chi connectivity index (χ2n) is 8.01. The number of H-pyrrole nitrogens is 1. The van der Waals surface area contributed by atoms with Crippen LogP contribution in [-0.2, 0) is 20.9 Å².